The van der Waals surface area contributed by atoms with Gasteiger partial charge in [0, 0.05) is 19.6 Å². The highest BCUT2D eigenvalue weighted by Crippen LogP contribution is 2.28. The highest BCUT2D eigenvalue weighted by molar-refractivity contribution is 5.85. The first-order valence-corrected chi connectivity index (χ1v) is 8.93. The van der Waals surface area contributed by atoms with Crippen LogP contribution in [0.4, 0.5) is 0 Å². The Morgan fingerprint density at radius 1 is 1.25 bits per heavy atom. The molecule has 3 N–H and O–H groups in total. The second kappa shape index (κ2) is 7.34. The zero-order valence-corrected chi connectivity index (χ0v) is 14.3. The zero-order valence-electron chi connectivity index (χ0n) is 14.3. The molecule has 1 aromatic rings. The third kappa shape index (κ3) is 4.15. The Bertz CT molecular complexity index is 595. The van der Waals surface area contributed by atoms with Gasteiger partial charge in [-0.05, 0) is 44.1 Å². The molecule has 2 atom stereocenters. The minimum Gasteiger partial charge on any atom is -0.356 e. The first kappa shape index (κ1) is 17.0. The molecule has 1 aliphatic carbocycles. The number of carbonyl (C=O) groups is 2. The number of amides is 2. The number of hydrogen-bond donors (Lipinski definition) is 2. The van der Waals surface area contributed by atoms with E-state index in [0.717, 1.165) is 30.5 Å². The molecule has 1 aliphatic heterocycles. The maximum atomic E-state index is 12.7. The summed E-state index contributed by atoms with van der Waals surface area (Å²) in [5, 5.41) is 3.03. The van der Waals surface area contributed by atoms with Gasteiger partial charge in [-0.2, -0.15) is 0 Å². The second-order valence-electron chi connectivity index (χ2n) is 7.20. The lowest BCUT2D eigenvalue weighted by molar-refractivity contribution is -0.137. The molecule has 2 unspecified atom stereocenters. The monoisotopic (exact) mass is 329 g/mol. The molecule has 5 nitrogen and oxygen atoms in total. The van der Waals surface area contributed by atoms with E-state index >= 15 is 0 Å². The summed E-state index contributed by atoms with van der Waals surface area (Å²) in [6, 6.07) is 7.09. The molecule has 1 saturated heterocycles. The van der Waals surface area contributed by atoms with Crippen LogP contribution < -0.4 is 11.1 Å². The molecule has 1 aromatic carbocycles. The summed E-state index contributed by atoms with van der Waals surface area (Å²) in [5.41, 5.74) is 8.12. The van der Waals surface area contributed by atoms with Crippen molar-refractivity contribution in [2.24, 2.45) is 17.6 Å². The zero-order chi connectivity index (χ0) is 17.1. The van der Waals surface area contributed by atoms with Crippen LogP contribution >= 0.6 is 0 Å². The first-order valence-electron chi connectivity index (χ1n) is 8.93. The average molecular weight is 329 g/mol. The quantitative estimate of drug-likeness (QED) is 0.864. The second-order valence-corrected chi connectivity index (χ2v) is 7.20. The molecule has 24 heavy (non-hydrogen) atoms. The Balaban J connectivity index is 1.57. The normalized spacial score (nSPS) is 22.1. The smallest absolute Gasteiger partial charge is 0.244 e. The standard InChI is InChI=1S/C19H27N3O2/c1-13-4-8-15(9-5-13)17(20)19(24)22-10-2-3-16(12-22)18(23)21-11-14-6-7-14/h4-5,8-9,14,16-17H,2-3,6-7,10-12,20H2,1H3,(H,21,23). The molecule has 5 heteroatoms. The van der Waals surface area contributed by atoms with E-state index in [1.807, 2.05) is 31.2 Å². The fourth-order valence-electron chi connectivity index (χ4n) is 3.22. The van der Waals surface area contributed by atoms with Crippen LogP contribution in [0.25, 0.3) is 0 Å². The summed E-state index contributed by atoms with van der Waals surface area (Å²) < 4.78 is 0. The van der Waals surface area contributed by atoms with Gasteiger partial charge in [-0.25, -0.2) is 0 Å². The number of benzene rings is 1. The van der Waals surface area contributed by atoms with Gasteiger partial charge < -0.3 is 16.0 Å². The van der Waals surface area contributed by atoms with E-state index < -0.39 is 6.04 Å². The van der Waals surface area contributed by atoms with Gasteiger partial charge in [-0.3, -0.25) is 9.59 Å². The van der Waals surface area contributed by atoms with E-state index in [9.17, 15) is 9.59 Å². The molecule has 130 valence electrons. The Morgan fingerprint density at radius 3 is 2.62 bits per heavy atom. The summed E-state index contributed by atoms with van der Waals surface area (Å²) in [7, 11) is 0. The molecule has 0 spiro atoms. The van der Waals surface area contributed by atoms with Crippen molar-refractivity contribution in [2.75, 3.05) is 19.6 Å². The Morgan fingerprint density at radius 2 is 1.96 bits per heavy atom. The van der Waals surface area contributed by atoms with Crippen molar-refractivity contribution < 1.29 is 9.59 Å². The molecule has 0 radical (unpaired) electrons. The third-order valence-corrected chi connectivity index (χ3v) is 5.07. The molecule has 2 aliphatic rings. The van der Waals surface area contributed by atoms with E-state index in [1.54, 1.807) is 4.90 Å². The van der Waals surface area contributed by atoms with Crippen LogP contribution in [-0.4, -0.2) is 36.3 Å². The van der Waals surface area contributed by atoms with Crippen molar-refractivity contribution >= 4 is 11.8 Å². The Hall–Kier alpha value is -1.88. The number of likely N-dealkylation sites (tertiary alicyclic amines) is 1. The van der Waals surface area contributed by atoms with Gasteiger partial charge in [-0.1, -0.05) is 29.8 Å². The lowest BCUT2D eigenvalue weighted by atomic mass is 9.95. The summed E-state index contributed by atoms with van der Waals surface area (Å²) in [5.74, 6) is 0.568. The maximum absolute atomic E-state index is 12.7. The SMILES string of the molecule is Cc1ccc(C(N)C(=O)N2CCCC(C(=O)NCC3CC3)C2)cc1. The number of hydrogen-bond acceptors (Lipinski definition) is 3. The number of nitrogens with zero attached hydrogens (tertiary/aromatic N) is 1. The number of carbonyl (C=O) groups excluding carboxylic acids is 2. The van der Waals surface area contributed by atoms with Crippen molar-refractivity contribution in [1.29, 1.82) is 0 Å². The predicted molar refractivity (Wildman–Crippen MR) is 93.1 cm³/mol. The van der Waals surface area contributed by atoms with Crippen LogP contribution in [-0.2, 0) is 9.59 Å². The maximum Gasteiger partial charge on any atom is 0.244 e. The third-order valence-electron chi connectivity index (χ3n) is 5.07. The van der Waals surface area contributed by atoms with Gasteiger partial charge >= 0.3 is 0 Å². The molecular weight excluding hydrogens is 302 g/mol. The van der Waals surface area contributed by atoms with Crippen LogP contribution in [0, 0.1) is 18.8 Å². The van der Waals surface area contributed by atoms with Crippen molar-refractivity contribution in [1.82, 2.24) is 10.2 Å². The van der Waals surface area contributed by atoms with Crippen LogP contribution in [0.1, 0.15) is 42.9 Å². The number of rotatable bonds is 5. The predicted octanol–water partition coefficient (Wildman–Crippen LogP) is 1.76. The fraction of sp³-hybridized carbons (Fsp3) is 0.579. The highest BCUT2D eigenvalue weighted by Gasteiger charge is 2.32. The van der Waals surface area contributed by atoms with Crippen molar-refractivity contribution in [3.63, 3.8) is 0 Å². The van der Waals surface area contributed by atoms with Gasteiger partial charge in [0.05, 0.1) is 5.92 Å². The van der Waals surface area contributed by atoms with Crippen molar-refractivity contribution in [3.8, 4) is 0 Å². The summed E-state index contributed by atoms with van der Waals surface area (Å²) in [6.45, 7) is 3.96. The van der Waals surface area contributed by atoms with E-state index in [1.165, 1.54) is 12.8 Å². The van der Waals surface area contributed by atoms with Gasteiger partial charge in [0.1, 0.15) is 6.04 Å². The van der Waals surface area contributed by atoms with Gasteiger partial charge in [0.2, 0.25) is 11.8 Å². The molecule has 0 aromatic heterocycles. The molecule has 1 heterocycles. The lowest BCUT2D eigenvalue weighted by Gasteiger charge is -2.33. The Labute approximate surface area is 143 Å². The summed E-state index contributed by atoms with van der Waals surface area (Å²) in [6.07, 6.45) is 4.15. The first-order chi connectivity index (χ1) is 11.5. The van der Waals surface area contributed by atoms with E-state index in [0.29, 0.717) is 19.0 Å². The van der Waals surface area contributed by atoms with Crippen LogP contribution in [0.15, 0.2) is 24.3 Å². The number of nitrogens with one attached hydrogen (secondary N) is 1. The average Bonchev–Trinajstić information content (AvgIpc) is 3.43. The van der Waals surface area contributed by atoms with Crippen molar-refractivity contribution in [2.45, 2.75) is 38.6 Å². The van der Waals surface area contributed by atoms with Gasteiger partial charge in [0.15, 0.2) is 0 Å². The molecular formula is C19H27N3O2. The fourth-order valence-corrected chi connectivity index (χ4v) is 3.22. The van der Waals surface area contributed by atoms with Gasteiger partial charge in [-0.15, -0.1) is 0 Å². The summed E-state index contributed by atoms with van der Waals surface area (Å²) >= 11 is 0. The molecule has 1 saturated carbocycles. The van der Waals surface area contributed by atoms with E-state index in [2.05, 4.69) is 5.32 Å². The van der Waals surface area contributed by atoms with E-state index in [4.69, 9.17) is 5.73 Å². The summed E-state index contributed by atoms with van der Waals surface area (Å²) in [4.78, 5) is 26.8. The minimum atomic E-state index is -0.654. The van der Waals surface area contributed by atoms with Crippen LogP contribution in [0.3, 0.4) is 0 Å². The topological polar surface area (TPSA) is 75.4 Å². The highest BCUT2D eigenvalue weighted by atomic mass is 16.2. The lowest BCUT2D eigenvalue weighted by Crippen LogP contribution is -2.48. The number of piperidine rings is 1. The van der Waals surface area contributed by atoms with E-state index in [-0.39, 0.29) is 17.7 Å². The van der Waals surface area contributed by atoms with Crippen LogP contribution in [0.2, 0.25) is 0 Å². The van der Waals surface area contributed by atoms with Gasteiger partial charge in [0.25, 0.3) is 0 Å². The largest absolute Gasteiger partial charge is 0.356 e. The molecule has 2 fully saturated rings. The van der Waals surface area contributed by atoms with Crippen LogP contribution in [0.5, 0.6) is 0 Å². The molecule has 2 amide bonds. The molecule has 0 bridgehead atoms. The molecule has 3 rings (SSSR count). The Kier molecular flexibility index (Phi) is 5.19. The number of nitrogens with two attached hydrogens (primary N) is 1. The van der Waals surface area contributed by atoms with Crippen molar-refractivity contribution in [3.05, 3.63) is 35.4 Å². The number of aryl methyl sites for hydroxylation is 1. The minimum absolute atomic E-state index is 0.0847.